The number of likely N-dealkylation sites (N-methyl/N-ethyl adjacent to an activating group) is 1. The van der Waals surface area contributed by atoms with Gasteiger partial charge in [-0.15, -0.1) is 11.3 Å². The summed E-state index contributed by atoms with van der Waals surface area (Å²) in [7, 11) is 1.61. The number of aryl methyl sites for hydroxylation is 2. The summed E-state index contributed by atoms with van der Waals surface area (Å²) < 4.78 is 5.31. The number of carbonyl (C=O) groups is 2. The molecule has 0 aliphatic heterocycles. The van der Waals surface area contributed by atoms with Crippen LogP contribution in [0.3, 0.4) is 0 Å². The Balaban J connectivity index is 2.14. The molecule has 20 heavy (non-hydrogen) atoms. The van der Waals surface area contributed by atoms with Gasteiger partial charge in [-0.25, -0.2) is 4.79 Å². The normalized spacial score (nSPS) is 15.6. The molecule has 0 radical (unpaired) electrons. The first-order chi connectivity index (χ1) is 9.31. The molecule has 1 atom stereocenters. The number of fused-ring (bicyclic) bond motifs is 1. The van der Waals surface area contributed by atoms with E-state index >= 15 is 0 Å². The van der Waals surface area contributed by atoms with Crippen LogP contribution in [-0.2, 0) is 22.4 Å². The molecule has 4 nitrogen and oxygen atoms in total. The number of aldehydes is 1. The van der Waals surface area contributed by atoms with E-state index in [2.05, 4.69) is 6.07 Å². The van der Waals surface area contributed by atoms with Crippen molar-refractivity contribution in [2.45, 2.75) is 51.7 Å². The summed E-state index contributed by atoms with van der Waals surface area (Å²) in [6.45, 7) is 5.44. The lowest BCUT2D eigenvalue weighted by molar-refractivity contribution is -0.112. The minimum atomic E-state index is -0.560. The van der Waals surface area contributed by atoms with E-state index in [1.54, 1.807) is 18.4 Å². The molecule has 1 amide bonds. The fourth-order valence-corrected chi connectivity index (χ4v) is 3.65. The van der Waals surface area contributed by atoms with Gasteiger partial charge >= 0.3 is 6.09 Å². The van der Waals surface area contributed by atoms with Gasteiger partial charge in [0.2, 0.25) is 0 Å². The van der Waals surface area contributed by atoms with Gasteiger partial charge < -0.3 is 9.53 Å². The lowest BCUT2D eigenvalue weighted by Crippen LogP contribution is -2.37. The molecular formula is C15H21NO3S. The summed E-state index contributed by atoms with van der Waals surface area (Å²) in [6, 6.07) is 1.51. The molecule has 0 N–H and O–H groups in total. The van der Waals surface area contributed by atoms with Gasteiger partial charge in [-0.05, 0) is 51.7 Å². The average Bonchev–Trinajstić information content (AvgIpc) is 2.88. The van der Waals surface area contributed by atoms with E-state index in [0.717, 1.165) is 24.0 Å². The van der Waals surface area contributed by atoms with E-state index in [1.807, 2.05) is 20.8 Å². The van der Waals surface area contributed by atoms with E-state index < -0.39 is 17.7 Å². The molecule has 5 heteroatoms. The summed E-state index contributed by atoms with van der Waals surface area (Å²) in [6.07, 6.45) is 3.69. The molecule has 1 heterocycles. The fourth-order valence-electron chi connectivity index (χ4n) is 2.29. The van der Waals surface area contributed by atoms with Gasteiger partial charge in [-0.2, -0.15) is 0 Å². The second-order valence-electron chi connectivity index (χ2n) is 6.12. The molecule has 0 fully saturated rings. The minimum absolute atomic E-state index is 0.469. The van der Waals surface area contributed by atoms with Crippen LogP contribution in [0.4, 0.5) is 4.79 Å². The van der Waals surface area contributed by atoms with Crippen LogP contribution in [0.15, 0.2) is 6.07 Å². The highest BCUT2D eigenvalue weighted by Crippen LogP contribution is 2.35. The molecule has 0 bridgehead atoms. The molecule has 0 spiro atoms. The van der Waals surface area contributed by atoms with E-state index in [4.69, 9.17) is 4.74 Å². The van der Waals surface area contributed by atoms with E-state index in [-0.39, 0.29) is 0 Å². The second kappa shape index (κ2) is 5.56. The number of rotatable bonds is 3. The fraction of sp³-hybridized carbons (Fsp3) is 0.600. The largest absolute Gasteiger partial charge is 0.444 e. The smallest absolute Gasteiger partial charge is 0.410 e. The maximum absolute atomic E-state index is 12.1. The van der Waals surface area contributed by atoms with Gasteiger partial charge in [0.15, 0.2) is 0 Å². The van der Waals surface area contributed by atoms with Crippen LogP contribution in [0, 0.1) is 0 Å². The lowest BCUT2D eigenvalue weighted by Gasteiger charge is -2.27. The van der Waals surface area contributed by atoms with Crippen LogP contribution >= 0.6 is 11.3 Å². The van der Waals surface area contributed by atoms with Crippen molar-refractivity contribution >= 4 is 23.7 Å². The molecule has 0 aromatic carbocycles. The zero-order chi connectivity index (χ0) is 14.9. The van der Waals surface area contributed by atoms with Crippen molar-refractivity contribution < 1.29 is 14.3 Å². The topological polar surface area (TPSA) is 46.6 Å². The van der Waals surface area contributed by atoms with Gasteiger partial charge in [0.1, 0.15) is 17.9 Å². The van der Waals surface area contributed by atoms with Crippen molar-refractivity contribution in [3.05, 3.63) is 21.4 Å². The van der Waals surface area contributed by atoms with Crippen molar-refractivity contribution in [1.82, 2.24) is 4.90 Å². The van der Waals surface area contributed by atoms with Gasteiger partial charge in [-0.1, -0.05) is 0 Å². The molecule has 0 saturated heterocycles. The van der Waals surface area contributed by atoms with Crippen molar-refractivity contribution in [2.24, 2.45) is 0 Å². The zero-order valence-electron chi connectivity index (χ0n) is 12.4. The first-order valence-electron chi connectivity index (χ1n) is 6.84. The maximum Gasteiger partial charge on any atom is 0.410 e. The quantitative estimate of drug-likeness (QED) is 0.803. The van der Waals surface area contributed by atoms with Crippen LogP contribution in [0.25, 0.3) is 0 Å². The highest BCUT2D eigenvalue weighted by molar-refractivity contribution is 7.12. The molecule has 1 unspecified atom stereocenters. The molecule has 0 saturated carbocycles. The lowest BCUT2D eigenvalue weighted by atomic mass is 10.2. The summed E-state index contributed by atoms with van der Waals surface area (Å²) in [5.74, 6) is 0. The summed E-state index contributed by atoms with van der Waals surface area (Å²) in [5.41, 5.74) is 0.769. The Morgan fingerprint density at radius 1 is 1.45 bits per heavy atom. The number of ether oxygens (including phenoxy) is 1. The number of carbonyl (C=O) groups excluding carboxylic acids is 2. The van der Waals surface area contributed by atoms with Crippen molar-refractivity contribution in [1.29, 1.82) is 0 Å². The van der Waals surface area contributed by atoms with Crippen molar-refractivity contribution in [3.63, 3.8) is 0 Å². The molecule has 110 valence electrons. The third kappa shape index (κ3) is 3.20. The van der Waals surface area contributed by atoms with E-state index in [9.17, 15) is 9.59 Å². The number of nitrogens with zero attached hydrogens (tertiary/aromatic N) is 1. The second-order valence-corrected chi connectivity index (χ2v) is 7.29. The Labute approximate surface area is 123 Å². The Hall–Kier alpha value is -1.36. The first-order valence-corrected chi connectivity index (χ1v) is 7.66. The third-order valence-corrected chi connectivity index (χ3v) is 4.59. The van der Waals surface area contributed by atoms with E-state index in [1.165, 1.54) is 21.8 Å². The van der Waals surface area contributed by atoms with E-state index in [0.29, 0.717) is 0 Å². The van der Waals surface area contributed by atoms with Crippen LogP contribution in [0.1, 0.15) is 48.6 Å². The summed E-state index contributed by atoms with van der Waals surface area (Å²) >= 11 is 1.64. The van der Waals surface area contributed by atoms with Crippen LogP contribution in [0.5, 0.6) is 0 Å². The molecule has 2 rings (SSSR count). The van der Waals surface area contributed by atoms with Crippen LogP contribution < -0.4 is 0 Å². The van der Waals surface area contributed by atoms with Crippen molar-refractivity contribution in [2.75, 3.05) is 7.05 Å². The molecule has 1 aliphatic carbocycles. The number of hydrogen-bond acceptors (Lipinski definition) is 4. The predicted molar refractivity (Wildman–Crippen MR) is 79.1 cm³/mol. The Kier molecular flexibility index (Phi) is 4.18. The van der Waals surface area contributed by atoms with Crippen LogP contribution in [-0.4, -0.2) is 29.9 Å². The highest BCUT2D eigenvalue weighted by Gasteiger charge is 2.28. The SMILES string of the molecule is CN(C(=O)OC(C)(C)C)C(C=O)c1cc2c(s1)CCC2. The van der Waals surface area contributed by atoms with Gasteiger partial charge in [-0.3, -0.25) is 4.90 Å². The van der Waals surface area contributed by atoms with Gasteiger partial charge in [0, 0.05) is 16.8 Å². The average molecular weight is 295 g/mol. The standard InChI is InChI=1S/C15H21NO3S/c1-15(2,3)19-14(18)16(4)11(9-17)13-8-10-6-5-7-12(10)20-13/h8-9,11H,5-7H2,1-4H3. The molecule has 1 aliphatic rings. The molecular weight excluding hydrogens is 274 g/mol. The Bertz CT molecular complexity index is 494. The minimum Gasteiger partial charge on any atom is -0.444 e. The van der Waals surface area contributed by atoms with Gasteiger partial charge in [0.05, 0.1) is 0 Å². The summed E-state index contributed by atoms with van der Waals surface area (Å²) in [4.78, 5) is 27.1. The Morgan fingerprint density at radius 2 is 2.15 bits per heavy atom. The predicted octanol–water partition coefficient (Wildman–Crippen LogP) is 3.34. The summed E-state index contributed by atoms with van der Waals surface area (Å²) in [5, 5.41) is 0. The number of hydrogen-bond donors (Lipinski definition) is 0. The molecule has 1 aromatic heterocycles. The monoisotopic (exact) mass is 295 g/mol. The van der Waals surface area contributed by atoms with Gasteiger partial charge in [0.25, 0.3) is 0 Å². The van der Waals surface area contributed by atoms with Crippen LogP contribution in [0.2, 0.25) is 0 Å². The number of thiophene rings is 1. The number of amides is 1. The molecule has 1 aromatic rings. The maximum atomic E-state index is 12.1. The Morgan fingerprint density at radius 3 is 2.70 bits per heavy atom. The highest BCUT2D eigenvalue weighted by atomic mass is 32.1. The van der Waals surface area contributed by atoms with Crippen molar-refractivity contribution in [3.8, 4) is 0 Å². The third-order valence-electron chi connectivity index (χ3n) is 3.28. The zero-order valence-corrected chi connectivity index (χ0v) is 13.3. The first kappa shape index (κ1) is 15.0.